The zero-order valence-electron chi connectivity index (χ0n) is 12.8. The van der Waals surface area contributed by atoms with Gasteiger partial charge < -0.3 is 20.0 Å². The van der Waals surface area contributed by atoms with Crippen molar-refractivity contribution in [1.82, 2.24) is 4.98 Å². The number of carboxylic acids is 1. The number of carbonyl (C=O) groups is 1. The number of nitrogens with one attached hydrogen (secondary N) is 2. The van der Waals surface area contributed by atoms with Gasteiger partial charge in [-0.3, -0.25) is 4.90 Å². The summed E-state index contributed by atoms with van der Waals surface area (Å²) in [5, 5.41) is 22.6. The van der Waals surface area contributed by atoms with Crippen molar-refractivity contribution in [3.8, 4) is 0 Å². The van der Waals surface area contributed by atoms with Gasteiger partial charge in [-0.05, 0) is 24.6 Å². The minimum atomic E-state index is -1.24. The Balaban J connectivity index is 1.87. The van der Waals surface area contributed by atoms with Gasteiger partial charge >= 0.3 is 0 Å². The molecular formula is C18H18N2O3. The molecule has 0 amide bonds. The number of rotatable bonds is 2. The number of aliphatic carboxylic acids is 1. The summed E-state index contributed by atoms with van der Waals surface area (Å²) in [6, 6.07) is 8.06. The highest BCUT2D eigenvalue weighted by atomic mass is 16.4. The maximum atomic E-state index is 11.5. The second kappa shape index (κ2) is 5.08. The second-order valence-corrected chi connectivity index (χ2v) is 6.26. The first-order valence-corrected chi connectivity index (χ1v) is 7.84. The molecule has 5 nitrogen and oxygen atoms in total. The summed E-state index contributed by atoms with van der Waals surface area (Å²) in [5.74, 6) is -1.24. The predicted molar refractivity (Wildman–Crippen MR) is 83.4 cm³/mol. The highest BCUT2D eigenvalue weighted by molar-refractivity contribution is 5.91. The van der Waals surface area contributed by atoms with E-state index in [2.05, 4.69) is 11.1 Å². The van der Waals surface area contributed by atoms with Gasteiger partial charge in [-0.2, -0.15) is 0 Å². The van der Waals surface area contributed by atoms with E-state index in [4.69, 9.17) is 0 Å². The van der Waals surface area contributed by atoms with Crippen molar-refractivity contribution in [2.24, 2.45) is 0 Å². The van der Waals surface area contributed by atoms with E-state index in [9.17, 15) is 15.0 Å². The van der Waals surface area contributed by atoms with Crippen LogP contribution in [-0.2, 0) is 11.2 Å². The van der Waals surface area contributed by atoms with Gasteiger partial charge in [-0.1, -0.05) is 18.2 Å². The number of quaternary nitrogens is 1. The summed E-state index contributed by atoms with van der Waals surface area (Å²) in [4.78, 5) is 16.1. The molecule has 4 rings (SSSR count). The first-order chi connectivity index (χ1) is 11.1. The molecule has 2 aliphatic rings. The predicted octanol–water partition coefficient (Wildman–Crippen LogP) is -0.395. The van der Waals surface area contributed by atoms with Gasteiger partial charge in [0.2, 0.25) is 0 Å². The molecule has 0 aliphatic carbocycles. The molecule has 118 valence electrons. The van der Waals surface area contributed by atoms with E-state index >= 15 is 0 Å². The first kappa shape index (κ1) is 14.2. The SMILES string of the molecule is C[C@H](O)C1=C[NH+]2CCc3c([nH]c4ccccc34)C2C=C1C(=O)[O-]. The summed E-state index contributed by atoms with van der Waals surface area (Å²) in [7, 11) is 0. The smallest absolute Gasteiger partial charge is 0.152 e. The van der Waals surface area contributed by atoms with E-state index in [0.717, 1.165) is 29.1 Å². The number of para-hydroxylation sites is 1. The molecule has 1 aromatic carbocycles. The standard InChI is InChI=1S/C18H18N2O3/c1-10(21)14-9-20-7-6-12-11-4-2-3-5-15(11)19-17(12)16(20)8-13(14)18(22)23/h2-5,8-10,16,19,21H,6-7H2,1H3,(H,22,23)/t10-,16?/m0/s1. The molecular weight excluding hydrogens is 292 g/mol. The molecule has 0 radical (unpaired) electrons. The monoisotopic (exact) mass is 310 g/mol. The lowest BCUT2D eigenvalue weighted by Crippen LogP contribution is -3.09. The molecule has 3 N–H and O–H groups in total. The van der Waals surface area contributed by atoms with Crippen LogP contribution >= 0.6 is 0 Å². The molecule has 3 atom stereocenters. The van der Waals surface area contributed by atoms with Gasteiger partial charge in [0.25, 0.3) is 0 Å². The van der Waals surface area contributed by atoms with Crippen LogP contribution in [-0.4, -0.2) is 28.7 Å². The molecule has 5 heteroatoms. The first-order valence-electron chi connectivity index (χ1n) is 7.84. The van der Waals surface area contributed by atoms with Crippen molar-refractivity contribution in [3.05, 3.63) is 58.9 Å². The van der Waals surface area contributed by atoms with Crippen molar-refractivity contribution in [2.45, 2.75) is 25.5 Å². The molecule has 0 spiro atoms. The van der Waals surface area contributed by atoms with Gasteiger partial charge in [0.15, 0.2) is 6.04 Å². The van der Waals surface area contributed by atoms with Crippen LogP contribution in [0.5, 0.6) is 0 Å². The average molecular weight is 310 g/mol. The third kappa shape index (κ3) is 2.12. The maximum Gasteiger partial charge on any atom is 0.152 e. The fraction of sp³-hybridized carbons (Fsp3) is 0.278. The van der Waals surface area contributed by atoms with E-state index in [-0.39, 0.29) is 11.6 Å². The second-order valence-electron chi connectivity index (χ2n) is 6.26. The Morgan fingerprint density at radius 3 is 2.96 bits per heavy atom. The molecule has 2 aliphatic heterocycles. The largest absolute Gasteiger partial charge is 0.545 e. The third-order valence-electron chi connectivity index (χ3n) is 4.88. The molecule has 3 heterocycles. The van der Waals surface area contributed by atoms with Crippen molar-refractivity contribution in [3.63, 3.8) is 0 Å². The van der Waals surface area contributed by atoms with Crippen molar-refractivity contribution in [2.75, 3.05) is 6.54 Å². The number of carboxylic acid groups (broad SMARTS) is 1. The lowest BCUT2D eigenvalue weighted by atomic mass is 9.90. The van der Waals surface area contributed by atoms with Crippen LogP contribution in [0.15, 0.2) is 47.7 Å². The molecule has 23 heavy (non-hydrogen) atoms. The van der Waals surface area contributed by atoms with E-state index in [1.54, 1.807) is 13.0 Å². The molecule has 0 saturated heterocycles. The van der Waals surface area contributed by atoms with Crippen LogP contribution in [0, 0.1) is 0 Å². The number of aromatic nitrogens is 1. The number of hydrogen-bond acceptors (Lipinski definition) is 3. The summed E-state index contributed by atoms with van der Waals surface area (Å²) in [6.45, 7) is 2.45. The molecule has 0 saturated carbocycles. The fourth-order valence-corrected chi connectivity index (χ4v) is 3.79. The number of benzene rings is 1. The zero-order chi connectivity index (χ0) is 16.1. The Labute approximate surface area is 133 Å². The van der Waals surface area contributed by atoms with E-state index in [1.807, 2.05) is 24.4 Å². The normalized spacial score (nSPS) is 24.4. The number of carbonyl (C=O) groups excluding carboxylic acids is 1. The van der Waals surface area contributed by atoms with Crippen molar-refractivity contribution in [1.29, 1.82) is 0 Å². The Morgan fingerprint density at radius 1 is 1.43 bits per heavy atom. The summed E-state index contributed by atoms with van der Waals surface area (Å²) in [6.07, 6.45) is 3.66. The number of H-pyrrole nitrogens is 1. The molecule has 0 bridgehead atoms. The highest BCUT2D eigenvalue weighted by Crippen LogP contribution is 2.31. The summed E-state index contributed by atoms with van der Waals surface area (Å²) < 4.78 is 0. The molecule has 1 aromatic heterocycles. The molecule has 2 aromatic rings. The maximum absolute atomic E-state index is 11.5. The average Bonchev–Trinajstić information content (AvgIpc) is 2.92. The fourth-order valence-electron chi connectivity index (χ4n) is 3.79. The van der Waals surface area contributed by atoms with E-state index < -0.39 is 12.1 Å². The summed E-state index contributed by atoms with van der Waals surface area (Å²) in [5.41, 5.74) is 3.94. The van der Waals surface area contributed by atoms with Crippen molar-refractivity contribution < 1.29 is 19.9 Å². The van der Waals surface area contributed by atoms with Crippen molar-refractivity contribution >= 4 is 16.9 Å². The molecule has 0 fully saturated rings. The zero-order valence-corrected chi connectivity index (χ0v) is 12.8. The number of aliphatic hydroxyl groups is 1. The van der Waals surface area contributed by atoms with Gasteiger partial charge in [0, 0.05) is 28.5 Å². The Morgan fingerprint density at radius 2 is 2.22 bits per heavy atom. The van der Waals surface area contributed by atoms with Crippen LogP contribution in [0.3, 0.4) is 0 Å². The Kier molecular flexibility index (Phi) is 3.14. The van der Waals surface area contributed by atoms with Gasteiger partial charge in [0.1, 0.15) is 6.20 Å². The highest BCUT2D eigenvalue weighted by Gasteiger charge is 2.36. The number of aliphatic hydroxyl groups excluding tert-OH is 1. The quantitative estimate of drug-likeness (QED) is 0.706. The third-order valence-corrected chi connectivity index (χ3v) is 4.88. The topological polar surface area (TPSA) is 80.6 Å². The van der Waals surface area contributed by atoms with Crippen LogP contribution < -0.4 is 10.0 Å². The summed E-state index contributed by atoms with van der Waals surface area (Å²) >= 11 is 0. The van der Waals surface area contributed by atoms with E-state index in [1.165, 1.54) is 10.9 Å². The van der Waals surface area contributed by atoms with Gasteiger partial charge in [-0.25, -0.2) is 0 Å². The minimum Gasteiger partial charge on any atom is -0.545 e. The number of hydrogen-bond donors (Lipinski definition) is 3. The van der Waals surface area contributed by atoms with Crippen LogP contribution in [0.2, 0.25) is 0 Å². The number of fused-ring (bicyclic) bond motifs is 5. The van der Waals surface area contributed by atoms with Crippen LogP contribution in [0.4, 0.5) is 0 Å². The van der Waals surface area contributed by atoms with Gasteiger partial charge in [-0.15, -0.1) is 0 Å². The minimum absolute atomic E-state index is 0.0819. The lowest BCUT2D eigenvalue weighted by molar-refractivity contribution is -0.877. The Hall–Kier alpha value is -2.37. The lowest BCUT2D eigenvalue weighted by Gasteiger charge is -2.33. The van der Waals surface area contributed by atoms with E-state index in [0.29, 0.717) is 5.57 Å². The van der Waals surface area contributed by atoms with Crippen LogP contribution in [0.25, 0.3) is 10.9 Å². The van der Waals surface area contributed by atoms with Gasteiger partial charge in [0.05, 0.1) is 24.3 Å². The Bertz CT molecular complexity index is 860. The number of aromatic amines is 1. The molecule has 2 unspecified atom stereocenters. The van der Waals surface area contributed by atoms with Crippen LogP contribution in [0.1, 0.15) is 24.2 Å².